The summed E-state index contributed by atoms with van der Waals surface area (Å²) in [5, 5.41) is 0. The minimum absolute atomic E-state index is 0.00590. The summed E-state index contributed by atoms with van der Waals surface area (Å²) < 4.78 is 37.8. The van der Waals surface area contributed by atoms with E-state index in [2.05, 4.69) is 41.8 Å². The fourth-order valence-electron chi connectivity index (χ4n) is 2.89. The maximum absolute atomic E-state index is 13.0. The summed E-state index contributed by atoms with van der Waals surface area (Å²) in [7, 11) is -3.86. The van der Waals surface area contributed by atoms with Crippen molar-refractivity contribution in [1.29, 1.82) is 0 Å². The van der Waals surface area contributed by atoms with E-state index in [4.69, 9.17) is 9.47 Å². The van der Waals surface area contributed by atoms with Gasteiger partial charge in [0.05, 0.1) is 20.9 Å². The lowest BCUT2D eigenvalue weighted by atomic mass is 10.3. The molecule has 0 saturated carbocycles. The molecular formula is C24H14Br2N2O6S. The Hall–Kier alpha value is -3.41. The minimum atomic E-state index is -3.86. The zero-order chi connectivity index (χ0) is 25.0. The first-order valence-electron chi connectivity index (χ1n) is 9.83. The fraction of sp³-hybridized carbons (Fsp3) is 0. The average Bonchev–Trinajstić information content (AvgIpc) is 2.85. The van der Waals surface area contributed by atoms with Crippen molar-refractivity contribution >= 4 is 53.6 Å². The predicted molar refractivity (Wildman–Crippen MR) is 132 cm³/mol. The molecule has 2 aromatic carbocycles. The molecule has 0 atom stereocenters. The van der Waals surface area contributed by atoms with Gasteiger partial charge in [-0.05, 0) is 92.5 Å². The number of ether oxygens (including phenoxy) is 2. The second kappa shape index (κ2) is 10.5. The van der Waals surface area contributed by atoms with E-state index in [9.17, 15) is 18.0 Å². The van der Waals surface area contributed by atoms with Gasteiger partial charge in [-0.25, -0.2) is 18.0 Å². The Morgan fingerprint density at radius 1 is 0.629 bits per heavy atom. The van der Waals surface area contributed by atoms with Crippen LogP contribution in [0.25, 0.3) is 0 Å². The van der Waals surface area contributed by atoms with Gasteiger partial charge in [0.1, 0.15) is 11.5 Å². The van der Waals surface area contributed by atoms with Crippen molar-refractivity contribution in [3.8, 4) is 11.5 Å². The molecule has 0 fully saturated rings. The number of esters is 2. The van der Waals surface area contributed by atoms with E-state index in [-0.39, 0.29) is 32.4 Å². The van der Waals surface area contributed by atoms with Crippen LogP contribution in [0.4, 0.5) is 0 Å². The highest BCUT2D eigenvalue weighted by molar-refractivity contribution is 9.10. The molecule has 0 aliphatic rings. The van der Waals surface area contributed by atoms with Gasteiger partial charge in [-0.3, -0.25) is 9.97 Å². The molecule has 8 nitrogen and oxygen atoms in total. The molecule has 4 rings (SSSR count). The summed E-state index contributed by atoms with van der Waals surface area (Å²) in [4.78, 5) is 32.3. The summed E-state index contributed by atoms with van der Waals surface area (Å²) in [6, 6.07) is 14.0. The number of halogens is 2. The van der Waals surface area contributed by atoms with Crippen LogP contribution in [-0.4, -0.2) is 30.3 Å². The Balaban J connectivity index is 1.45. The molecule has 0 N–H and O–H groups in total. The van der Waals surface area contributed by atoms with E-state index < -0.39 is 21.8 Å². The van der Waals surface area contributed by atoms with E-state index in [1.807, 2.05) is 0 Å². The molecule has 2 aromatic heterocycles. The average molecular weight is 618 g/mol. The second-order valence-corrected chi connectivity index (χ2v) is 10.8. The van der Waals surface area contributed by atoms with Gasteiger partial charge >= 0.3 is 11.9 Å². The third-order valence-corrected chi connectivity index (χ3v) is 7.22. The maximum Gasteiger partial charge on any atom is 0.345 e. The summed E-state index contributed by atoms with van der Waals surface area (Å²) in [5.41, 5.74) is 0.487. The van der Waals surface area contributed by atoms with Gasteiger partial charge in [-0.15, -0.1) is 0 Å². The standard InChI is InChI=1S/C24H14Br2N2O6S/c25-17-9-15(11-27-13-17)23(29)33-19-1-5-21(6-2-19)35(31,32)22-7-3-20(4-8-22)34-24(30)16-10-18(26)14-28-12-16/h1-14H. The van der Waals surface area contributed by atoms with Gasteiger partial charge in [0.15, 0.2) is 0 Å². The van der Waals surface area contributed by atoms with Crippen LogP contribution in [0.1, 0.15) is 20.7 Å². The first-order valence-corrected chi connectivity index (χ1v) is 12.9. The molecule has 0 unspecified atom stereocenters. The normalized spacial score (nSPS) is 11.0. The Morgan fingerprint density at radius 3 is 1.34 bits per heavy atom. The van der Waals surface area contributed by atoms with Crippen molar-refractivity contribution in [3.05, 3.63) is 106 Å². The van der Waals surface area contributed by atoms with Crippen molar-refractivity contribution in [2.24, 2.45) is 0 Å². The van der Waals surface area contributed by atoms with E-state index in [0.29, 0.717) is 8.95 Å². The van der Waals surface area contributed by atoms with E-state index >= 15 is 0 Å². The highest BCUT2D eigenvalue weighted by atomic mass is 79.9. The first kappa shape index (κ1) is 24.7. The monoisotopic (exact) mass is 616 g/mol. The van der Waals surface area contributed by atoms with Crippen LogP contribution in [0, 0.1) is 0 Å². The quantitative estimate of drug-likeness (QED) is 0.212. The number of hydrogen-bond donors (Lipinski definition) is 0. The lowest BCUT2D eigenvalue weighted by Crippen LogP contribution is -2.09. The van der Waals surface area contributed by atoms with Crippen molar-refractivity contribution in [2.75, 3.05) is 0 Å². The number of rotatable bonds is 6. The molecule has 0 amide bonds. The summed E-state index contributed by atoms with van der Waals surface area (Å²) in [6.45, 7) is 0. The summed E-state index contributed by atoms with van der Waals surface area (Å²) in [6.07, 6.45) is 5.80. The van der Waals surface area contributed by atoms with Gasteiger partial charge in [0.25, 0.3) is 0 Å². The number of aromatic nitrogens is 2. The highest BCUT2D eigenvalue weighted by Crippen LogP contribution is 2.26. The molecule has 176 valence electrons. The molecule has 2 heterocycles. The highest BCUT2D eigenvalue weighted by Gasteiger charge is 2.19. The molecule has 0 saturated heterocycles. The lowest BCUT2D eigenvalue weighted by Gasteiger charge is -2.08. The maximum atomic E-state index is 13.0. The number of sulfone groups is 1. The SMILES string of the molecule is O=C(Oc1ccc(S(=O)(=O)c2ccc(OC(=O)c3cncc(Br)c3)cc2)cc1)c1cncc(Br)c1. The van der Waals surface area contributed by atoms with Crippen LogP contribution in [0.3, 0.4) is 0 Å². The van der Waals surface area contributed by atoms with Crippen LogP contribution in [0.5, 0.6) is 11.5 Å². The van der Waals surface area contributed by atoms with Crippen molar-refractivity contribution in [2.45, 2.75) is 9.79 Å². The molecule has 0 radical (unpaired) electrons. The van der Waals surface area contributed by atoms with Gasteiger partial charge in [0, 0.05) is 33.7 Å². The topological polar surface area (TPSA) is 113 Å². The number of carbonyl (C=O) groups excluding carboxylic acids is 2. The smallest absolute Gasteiger partial charge is 0.345 e. The van der Waals surface area contributed by atoms with Gasteiger partial charge < -0.3 is 9.47 Å². The van der Waals surface area contributed by atoms with E-state index in [1.165, 1.54) is 73.3 Å². The molecule has 11 heteroatoms. The Kier molecular flexibility index (Phi) is 7.39. The molecular weight excluding hydrogens is 604 g/mol. The Labute approximate surface area is 217 Å². The third-order valence-electron chi connectivity index (χ3n) is 4.57. The first-order chi connectivity index (χ1) is 16.7. The van der Waals surface area contributed by atoms with Gasteiger partial charge in [-0.1, -0.05) is 0 Å². The lowest BCUT2D eigenvalue weighted by molar-refractivity contribution is 0.0724. The zero-order valence-corrected chi connectivity index (χ0v) is 21.6. The minimum Gasteiger partial charge on any atom is -0.423 e. The van der Waals surface area contributed by atoms with Crippen LogP contribution < -0.4 is 9.47 Å². The number of pyridine rings is 2. The molecule has 0 aliphatic heterocycles. The summed E-state index contributed by atoms with van der Waals surface area (Å²) >= 11 is 6.47. The predicted octanol–water partition coefficient (Wildman–Crippen LogP) is 5.27. The Morgan fingerprint density at radius 2 is 1.00 bits per heavy atom. The molecule has 0 bridgehead atoms. The second-order valence-electron chi connectivity index (χ2n) is 7.01. The summed E-state index contributed by atoms with van der Waals surface area (Å²) in [5.74, 6) is -0.896. The van der Waals surface area contributed by atoms with E-state index in [1.54, 1.807) is 12.1 Å². The third kappa shape index (κ3) is 5.99. The molecule has 0 spiro atoms. The van der Waals surface area contributed by atoms with Crippen LogP contribution in [-0.2, 0) is 9.84 Å². The zero-order valence-electron chi connectivity index (χ0n) is 17.6. The molecule has 4 aromatic rings. The fourth-order valence-corrected chi connectivity index (χ4v) is 4.88. The molecule has 0 aliphatic carbocycles. The number of benzene rings is 2. The van der Waals surface area contributed by atoms with Crippen LogP contribution in [0.2, 0.25) is 0 Å². The van der Waals surface area contributed by atoms with Crippen LogP contribution >= 0.6 is 31.9 Å². The van der Waals surface area contributed by atoms with Crippen molar-refractivity contribution in [3.63, 3.8) is 0 Å². The Bertz CT molecular complexity index is 1400. The van der Waals surface area contributed by atoms with Crippen molar-refractivity contribution < 1.29 is 27.5 Å². The van der Waals surface area contributed by atoms with E-state index in [0.717, 1.165) is 0 Å². The number of hydrogen-bond acceptors (Lipinski definition) is 8. The number of carbonyl (C=O) groups is 2. The van der Waals surface area contributed by atoms with Crippen LogP contribution in [0.15, 0.2) is 104 Å². The number of nitrogens with zero attached hydrogens (tertiary/aromatic N) is 2. The van der Waals surface area contributed by atoms with Gasteiger partial charge in [-0.2, -0.15) is 0 Å². The molecule has 35 heavy (non-hydrogen) atoms. The van der Waals surface area contributed by atoms with Crippen molar-refractivity contribution in [1.82, 2.24) is 9.97 Å². The largest absolute Gasteiger partial charge is 0.423 e. The van der Waals surface area contributed by atoms with Gasteiger partial charge in [0.2, 0.25) is 9.84 Å².